The molecule has 3 aliphatic heterocycles. The van der Waals surface area contributed by atoms with Gasteiger partial charge in [0.15, 0.2) is 0 Å². The number of hydrogen-bond acceptors (Lipinski definition) is 8. The van der Waals surface area contributed by atoms with Gasteiger partial charge in [0.1, 0.15) is 36.1 Å². The van der Waals surface area contributed by atoms with Crippen LogP contribution in [0.15, 0.2) is 55.0 Å². The molecule has 6 heterocycles. The molecule has 2 atom stereocenters. The van der Waals surface area contributed by atoms with Crippen molar-refractivity contribution in [3.8, 4) is 29.0 Å². The third kappa shape index (κ3) is 4.84. The van der Waals surface area contributed by atoms with E-state index in [1.165, 1.54) is 12.3 Å². The van der Waals surface area contributed by atoms with Gasteiger partial charge in [-0.2, -0.15) is 15.6 Å². The predicted molar refractivity (Wildman–Crippen MR) is 146 cm³/mol. The van der Waals surface area contributed by atoms with Crippen LogP contribution in [-0.2, 0) is 6.54 Å². The molecule has 3 saturated heterocycles. The molecule has 1 aromatic carbocycles. The van der Waals surface area contributed by atoms with Gasteiger partial charge in [0.05, 0.1) is 34.6 Å². The van der Waals surface area contributed by atoms with E-state index < -0.39 is 11.4 Å². The number of rotatable bonds is 7. The van der Waals surface area contributed by atoms with Gasteiger partial charge < -0.3 is 14.7 Å². The fourth-order valence-corrected chi connectivity index (χ4v) is 5.57. The van der Waals surface area contributed by atoms with Crippen LogP contribution < -0.4 is 9.64 Å². The van der Waals surface area contributed by atoms with Crippen LogP contribution in [0.5, 0.6) is 5.75 Å². The lowest BCUT2D eigenvalue weighted by atomic mass is 9.86. The number of nitrogens with zero attached hydrogens (tertiary/aromatic N) is 7. The second kappa shape index (κ2) is 9.91. The highest BCUT2D eigenvalue weighted by molar-refractivity contribution is 5.85. The van der Waals surface area contributed by atoms with Crippen molar-refractivity contribution in [3.63, 3.8) is 0 Å². The molecule has 1 N–H and O–H groups in total. The molecule has 4 aromatic rings. The average molecular weight is 538 g/mol. The number of anilines is 1. The van der Waals surface area contributed by atoms with E-state index in [4.69, 9.17) is 15.0 Å². The van der Waals surface area contributed by atoms with Gasteiger partial charge in [0.25, 0.3) is 0 Å². The zero-order chi connectivity index (χ0) is 28.0. The van der Waals surface area contributed by atoms with Crippen molar-refractivity contribution in [1.29, 1.82) is 10.5 Å². The standard InChI is InChI=1S/C30H28FN7O2/c1-30(2,39)18-40-25-9-26(29-22(11-33)13-35-38(29)17-25)20-4-6-28(34-12-20)36-15-23-8-24(16-36)37(23)14-19-3-5-27(31)21(7-19)10-32/h3-7,9,12-13,17,23-24,39H,8,14-16,18H2,1-2H3. The summed E-state index contributed by atoms with van der Waals surface area (Å²) < 4.78 is 21.2. The Morgan fingerprint density at radius 3 is 2.52 bits per heavy atom. The number of halogens is 1. The molecular formula is C30H28FN7O2. The van der Waals surface area contributed by atoms with Crippen LogP contribution >= 0.6 is 0 Å². The summed E-state index contributed by atoms with van der Waals surface area (Å²) in [6.45, 7) is 5.82. The van der Waals surface area contributed by atoms with Crippen molar-refractivity contribution in [2.75, 3.05) is 24.6 Å². The van der Waals surface area contributed by atoms with Crippen LogP contribution in [-0.4, -0.2) is 62.0 Å². The minimum absolute atomic E-state index is 0.0820. The monoisotopic (exact) mass is 537 g/mol. The molecule has 0 radical (unpaired) electrons. The third-order valence-electron chi connectivity index (χ3n) is 7.54. The maximum Gasteiger partial charge on any atom is 0.140 e. The highest BCUT2D eigenvalue weighted by Gasteiger charge is 2.44. The second-order valence-corrected chi connectivity index (χ2v) is 11.1. The fourth-order valence-electron chi connectivity index (χ4n) is 5.57. The number of nitriles is 2. The Morgan fingerprint density at radius 1 is 1.07 bits per heavy atom. The number of benzene rings is 1. The molecule has 10 heteroatoms. The van der Waals surface area contributed by atoms with Gasteiger partial charge in [-0.3, -0.25) is 4.90 Å². The minimum atomic E-state index is -0.996. The molecule has 9 nitrogen and oxygen atoms in total. The van der Waals surface area contributed by atoms with E-state index in [-0.39, 0.29) is 12.2 Å². The maximum atomic E-state index is 13.7. The van der Waals surface area contributed by atoms with E-state index in [9.17, 15) is 14.8 Å². The molecule has 3 aromatic heterocycles. The van der Waals surface area contributed by atoms with Crippen molar-refractivity contribution < 1.29 is 14.2 Å². The van der Waals surface area contributed by atoms with Crippen molar-refractivity contribution in [2.45, 2.75) is 44.5 Å². The van der Waals surface area contributed by atoms with E-state index in [0.717, 1.165) is 42.0 Å². The molecule has 0 spiro atoms. The lowest BCUT2D eigenvalue weighted by Crippen LogP contribution is -2.68. The van der Waals surface area contributed by atoms with Gasteiger partial charge in [-0.25, -0.2) is 13.9 Å². The van der Waals surface area contributed by atoms with Gasteiger partial charge in [-0.15, -0.1) is 0 Å². The first kappa shape index (κ1) is 25.8. The summed E-state index contributed by atoms with van der Waals surface area (Å²) >= 11 is 0. The lowest BCUT2D eigenvalue weighted by Gasteiger charge is -2.56. The summed E-state index contributed by atoms with van der Waals surface area (Å²) in [4.78, 5) is 9.47. The van der Waals surface area contributed by atoms with Crippen LogP contribution in [0.2, 0.25) is 0 Å². The number of fused-ring (bicyclic) bond motifs is 3. The first-order valence-corrected chi connectivity index (χ1v) is 13.1. The summed E-state index contributed by atoms with van der Waals surface area (Å²) in [6.07, 6.45) is 6.14. The normalized spacial score (nSPS) is 18.7. The third-order valence-corrected chi connectivity index (χ3v) is 7.54. The van der Waals surface area contributed by atoms with Crippen LogP contribution in [0, 0.1) is 28.5 Å². The molecule has 3 aliphatic rings. The first-order valence-electron chi connectivity index (χ1n) is 13.1. The van der Waals surface area contributed by atoms with Crippen molar-refractivity contribution in [3.05, 3.63) is 77.5 Å². The Morgan fingerprint density at radius 2 is 1.85 bits per heavy atom. The van der Waals surface area contributed by atoms with Crippen LogP contribution in [0.3, 0.4) is 0 Å². The minimum Gasteiger partial charge on any atom is -0.489 e. The number of piperazine rings is 1. The Kier molecular flexibility index (Phi) is 6.38. The molecule has 3 fully saturated rings. The largest absolute Gasteiger partial charge is 0.489 e. The molecule has 0 saturated carbocycles. The van der Waals surface area contributed by atoms with Crippen molar-refractivity contribution >= 4 is 11.3 Å². The topological polar surface area (TPSA) is 114 Å². The number of ether oxygens (including phenoxy) is 1. The van der Waals surface area contributed by atoms with Gasteiger partial charge in [0, 0.05) is 49.0 Å². The van der Waals surface area contributed by atoms with E-state index in [1.807, 2.05) is 24.3 Å². The number of pyridine rings is 2. The van der Waals surface area contributed by atoms with Crippen LogP contribution in [0.1, 0.15) is 37.0 Å². The van der Waals surface area contributed by atoms with Crippen LogP contribution in [0.4, 0.5) is 10.2 Å². The molecule has 40 heavy (non-hydrogen) atoms. The molecule has 7 rings (SSSR count). The van der Waals surface area contributed by atoms with Gasteiger partial charge in [-0.05, 0) is 56.2 Å². The summed E-state index contributed by atoms with van der Waals surface area (Å²) in [5.74, 6) is 0.925. The first-order chi connectivity index (χ1) is 19.2. The Labute approximate surface area is 231 Å². The van der Waals surface area contributed by atoms with Gasteiger partial charge in [0.2, 0.25) is 0 Å². The smallest absolute Gasteiger partial charge is 0.140 e. The van der Waals surface area contributed by atoms with Gasteiger partial charge in [-0.1, -0.05) is 6.07 Å². The van der Waals surface area contributed by atoms with Gasteiger partial charge >= 0.3 is 0 Å². The summed E-state index contributed by atoms with van der Waals surface area (Å²) in [5, 5.41) is 33.2. The highest BCUT2D eigenvalue weighted by atomic mass is 19.1. The van der Waals surface area contributed by atoms with Crippen molar-refractivity contribution in [2.24, 2.45) is 0 Å². The maximum absolute atomic E-state index is 13.7. The zero-order valence-electron chi connectivity index (χ0n) is 22.3. The number of aliphatic hydroxyl groups is 1. The second-order valence-electron chi connectivity index (χ2n) is 11.1. The highest BCUT2D eigenvalue weighted by Crippen LogP contribution is 2.37. The van der Waals surface area contributed by atoms with Crippen LogP contribution in [0.25, 0.3) is 16.6 Å². The molecular weight excluding hydrogens is 509 g/mol. The number of aromatic nitrogens is 3. The fraction of sp³-hybridized carbons (Fsp3) is 0.333. The van der Waals surface area contributed by atoms with Crippen molar-refractivity contribution in [1.82, 2.24) is 19.5 Å². The summed E-state index contributed by atoms with van der Waals surface area (Å²) in [7, 11) is 0. The Bertz CT molecular complexity index is 1650. The Balaban J connectivity index is 1.20. The zero-order valence-corrected chi connectivity index (χ0v) is 22.3. The summed E-state index contributed by atoms with van der Waals surface area (Å²) in [6, 6.07) is 15.5. The quantitative estimate of drug-likeness (QED) is 0.378. The summed E-state index contributed by atoms with van der Waals surface area (Å²) in [5.41, 5.74) is 2.75. The predicted octanol–water partition coefficient (Wildman–Crippen LogP) is 3.89. The molecule has 2 unspecified atom stereocenters. The number of hydrogen-bond donors (Lipinski definition) is 1. The van der Waals surface area contributed by atoms with E-state index >= 15 is 0 Å². The number of piperidine rings is 1. The average Bonchev–Trinajstić information content (AvgIpc) is 3.38. The molecule has 2 bridgehead atoms. The molecule has 0 amide bonds. The lowest BCUT2D eigenvalue weighted by molar-refractivity contribution is -0.00869. The van der Waals surface area contributed by atoms with E-state index in [2.05, 4.69) is 21.0 Å². The van der Waals surface area contributed by atoms with E-state index in [0.29, 0.717) is 35.5 Å². The van der Waals surface area contributed by atoms with E-state index in [1.54, 1.807) is 42.9 Å². The molecule has 0 aliphatic carbocycles. The molecule has 202 valence electrons. The SMILES string of the molecule is CC(C)(O)COc1cc(-c2ccc(N3CC4CC(C3)N4Cc3ccc(F)c(C#N)c3)nc2)c2c(C#N)cnn2c1. The Hall–Kier alpha value is -4.51.